The molecule has 148 valence electrons. The van der Waals surface area contributed by atoms with E-state index in [4.69, 9.17) is 14.2 Å². The maximum absolute atomic E-state index is 11.8. The molecule has 2 aromatic carbocycles. The number of ether oxygens (including phenoxy) is 3. The van der Waals surface area contributed by atoms with Crippen LogP contribution in [-0.2, 0) is 4.79 Å². The summed E-state index contributed by atoms with van der Waals surface area (Å²) < 4.78 is 17.8. The van der Waals surface area contributed by atoms with Crippen LogP contribution in [0.5, 0.6) is 17.2 Å². The summed E-state index contributed by atoms with van der Waals surface area (Å²) in [6.45, 7) is 3.64. The Morgan fingerprint density at radius 2 is 1.68 bits per heavy atom. The second-order valence-electron chi connectivity index (χ2n) is 7.15. The Bertz CT molecular complexity index is 818. The molecule has 2 aliphatic rings. The highest BCUT2D eigenvalue weighted by Gasteiger charge is 2.39. The van der Waals surface area contributed by atoms with Crippen molar-refractivity contribution >= 4 is 5.97 Å². The monoisotopic (exact) mass is 383 g/mol. The molecule has 0 saturated carbocycles. The van der Waals surface area contributed by atoms with Gasteiger partial charge in [0.15, 0.2) is 17.6 Å². The van der Waals surface area contributed by atoms with E-state index in [1.807, 2.05) is 30.3 Å². The number of carboxylic acid groups (broad SMARTS) is 1. The highest BCUT2D eigenvalue weighted by atomic mass is 16.6. The summed E-state index contributed by atoms with van der Waals surface area (Å²) >= 11 is 0. The van der Waals surface area contributed by atoms with Crippen molar-refractivity contribution in [2.75, 3.05) is 26.2 Å². The standard InChI is InChI=1S/C22H25NO5/c24-22(25)21-20(27-18-10-4-5-11-19(18)28-21)16-8-2-3-9-17(16)26-15-14-23-12-6-1-7-13-23/h2-5,8-11,20-21H,1,6-7,12-15H2,(H,24,25). The molecule has 6 heteroatoms. The van der Waals surface area contributed by atoms with E-state index in [-0.39, 0.29) is 0 Å². The van der Waals surface area contributed by atoms with Gasteiger partial charge in [-0.15, -0.1) is 0 Å². The molecular weight excluding hydrogens is 358 g/mol. The van der Waals surface area contributed by atoms with Crippen LogP contribution < -0.4 is 14.2 Å². The number of carbonyl (C=O) groups is 1. The molecule has 0 radical (unpaired) electrons. The van der Waals surface area contributed by atoms with Crippen LogP contribution in [0.1, 0.15) is 30.9 Å². The number of para-hydroxylation sites is 3. The summed E-state index contributed by atoms with van der Waals surface area (Å²) in [6, 6.07) is 14.5. The van der Waals surface area contributed by atoms with Crippen LogP contribution in [0.4, 0.5) is 0 Å². The Labute approximate surface area is 164 Å². The topological polar surface area (TPSA) is 68.2 Å². The first-order chi connectivity index (χ1) is 13.7. The Balaban J connectivity index is 1.52. The molecule has 0 amide bonds. The van der Waals surface area contributed by atoms with Crippen LogP contribution in [0, 0.1) is 0 Å². The number of hydrogen-bond donors (Lipinski definition) is 1. The van der Waals surface area contributed by atoms with Gasteiger partial charge in [-0.3, -0.25) is 4.90 Å². The molecule has 2 atom stereocenters. The van der Waals surface area contributed by atoms with Gasteiger partial charge in [-0.05, 0) is 44.1 Å². The minimum absolute atomic E-state index is 0.439. The lowest BCUT2D eigenvalue weighted by atomic mass is 10.0. The summed E-state index contributed by atoms with van der Waals surface area (Å²) in [5.74, 6) is 0.545. The molecule has 2 unspecified atom stereocenters. The zero-order chi connectivity index (χ0) is 19.3. The van der Waals surface area contributed by atoms with E-state index in [9.17, 15) is 9.90 Å². The fraction of sp³-hybridized carbons (Fsp3) is 0.409. The number of piperidine rings is 1. The van der Waals surface area contributed by atoms with Gasteiger partial charge in [-0.2, -0.15) is 0 Å². The number of aliphatic carboxylic acids is 1. The normalized spacial score (nSPS) is 21.9. The van der Waals surface area contributed by atoms with Crippen molar-refractivity contribution in [3.63, 3.8) is 0 Å². The number of benzene rings is 2. The Hall–Kier alpha value is -2.73. The summed E-state index contributed by atoms with van der Waals surface area (Å²) in [4.78, 5) is 14.2. The second-order valence-corrected chi connectivity index (χ2v) is 7.15. The summed E-state index contributed by atoms with van der Waals surface area (Å²) in [5, 5.41) is 9.68. The maximum atomic E-state index is 11.8. The van der Waals surface area contributed by atoms with Crippen LogP contribution in [0.25, 0.3) is 0 Å². The van der Waals surface area contributed by atoms with E-state index >= 15 is 0 Å². The van der Waals surface area contributed by atoms with Gasteiger partial charge in [-0.25, -0.2) is 4.79 Å². The fourth-order valence-corrected chi connectivity index (χ4v) is 3.76. The van der Waals surface area contributed by atoms with Crippen LogP contribution in [0.3, 0.4) is 0 Å². The molecule has 0 spiro atoms. The van der Waals surface area contributed by atoms with Crippen molar-refractivity contribution in [1.29, 1.82) is 0 Å². The largest absolute Gasteiger partial charge is 0.492 e. The van der Waals surface area contributed by atoms with Crippen molar-refractivity contribution in [3.05, 3.63) is 54.1 Å². The molecule has 1 fully saturated rings. The van der Waals surface area contributed by atoms with E-state index < -0.39 is 18.2 Å². The van der Waals surface area contributed by atoms with Gasteiger partial charge >= 0.3 is 5.97 Å². The smallest absolute Gasteiger partial charge is 0.349 e. The van der Waals surface area contributed by atoms with Gasteiger partial charge in [0.05, 0.1) is 0 Å². The summed E-state index contributed by atoms with van der Waals surface area (Å²) in [6.07, 6.45) is 1.87. The first-order valence-electron chi connectivity index (χ1n) is 9.81. The third-order valence-electron chi connectivity index (χ3n) is 5.21. The molecule has 1 N–H and O–H groups in total. The number of carboxylic acids is 1. The minimum atomic E-state index is -1.14. The van der Waals surface area contributed by atoms with E-state index in [0.717, 1.165) is 19.6 Å². The van der Waals surface area contributed by atoms with E-state index in [2.05, 4.69) is 4.90 Å². The first kappa shape index (κ1) is 18.6. The summed E-state index contributed by atoms with van der Waals surface area (Å²) in [5.41, 5.74) is 0.683. The number of likely N-dealkylation sites (tertiary alicyclic amines) is 1. The molecule has 1 saturated heterocycles. The maximum Gasteiger partial charge on any atom is 0.349 e. The van der Waals surface area contributed by atoms with Gasteiger partial charge < -0.3 is 19.3 Å². The lowest BCUT2D eigenvalue weighted by molar-refractivity contribution is -0.151. The van der Waals surface area contributed by atoms with Crippen LogP contribution in [-0.4, -0.2) is 48.3 Å². The number of fused-ring (bicyclic) bond motifs is 1. The van der Waals surface area contributed by atoms with Crippen molar-refractivity contribution < 1.29 is 24.1 Å². The average Bonchev–Trinajstić information content (AvgIpc) is 2.74. The zero-order valence-corrected chi connectivity index (χ0v) is 15.8. The first-order valence-corrected chi connectivity index (χ1v) is 9.81. The predicted octanol–water partition coefficient (Wildman–Crippen LogP) is 3.52. The SMILES string of the molecule is O=C(O)C1Oc2ccccc2OC1c1ccccc1OCCN1CCCCC1. The van der Waals surface area contributed by atoms with Crippen LogP contribution in [0.2, 0.25) is 0 Å². The Morgan fingerprint density at radius 3 is 2.43 bits per heavy atom. The average molecular weight is 383 g/mol. The van der Waals surface area contributed by atoms with Crippen molar-refractivity contribution in [2.45, 2.75) is 31.5 Å². The zero-order valence-electron chi connectivity index (χ0n) is 15.8. The number of nitrogens with zero attached hydrogens (tertiary/aromatic N) is 1. The van der Waals surface area contributed by atoms with Crippen molar-refractivity contribution in [1.82, 2.24) is 4.90 Å². The molecule has 4 rings (SSSR count). The predicted molar refractivity (Wildman–Crippen MR) is 104 cm³/mol. The van der Waals surface area contributed by atoms with Gasteiger partial charge in [0, 0.05) is 12.1 Å². The van der Waals surface area contributed by atoms with E-state index in [1.54, 1.807) is 18.2 Å². The van der Waals surface area contributed by atoms with Crippen LogP contribution in [0.15, 0.2) is 48.5 Å². The van der Waals surface area contributed by atoms with Crippen molar-refractivity contribution in [2.24, 2.45) is 0 Å². The van der Waals surface area contributed by atoms with E-state index in [1.165, 1.54) is 19.3 Å². The molecule has 2 aliphatic heterocycles. The molecule has 2 aromatic rings. The lowest BCUT2D eigenvalue weighted by Crippen LogP contribution is -2.39. The Morgan fingerprint density at radius 1 is 1.00 bits per heavy atom. The molecule has 28 heavy (non-hydrogen) atoms. The molecule has 2 heterocycles. The number of rotatable bonds is 6. The molecule has 0 aromatic heterocycles. The second kappa shape index (κ2) is 8.52. The molecule has 0 aliphatic carbocycles. The van der Waals surface area contributed by atoms with Gasteiger partial charge in [0.25, 0.3) is 0 Å². The quantitative estimate of drug-likeness (QED) is 0.823. The highest BCUT2D eigenvalue weighted by Crippen LogP contribution is 2.41. The third kappa shape index (κ3) is 4.07. The highest BCUT2D eigenvalue weighted by molar-refractivity contribution is 5.75. The fourth-order valence-electron chi connectivity index (χ4n) is 3.76. The van der Waals surface area contributed by atoms with Gasteiger partial charge in [0.1, 0.15) is 12.4 Å². The lowest BCUT2D eigenvalue weighted by Gasteiger charge is -2.32. The van der Waals surface area contributed by atoms with Gasteiger partial charge in [0.2, 0.25) is 6.10 Å². The Kier molecular flexibility index (Phi) is 5.67. The summed E-state index contributed by atoms with van der Waals surface area (Å²) in [7, 11) is 0. The number of hydrogen-bond acceptors (Lipinski definition) is 5. The van der Waals surface area contributed by atoms with Gasteiger partial charge in [-0.1, -0.05) is 36.8 Å². The third-order valence-corrected chi connectivity index (χ3v) is 5.21. The van der Waals surface area contributed by atoms with Crippen molar-refractivity contribution in [3.8, 4) is 17.2 Å². The minimum Gasteiger partial charge on any atom is -0.492 e. The molecule has 0 bridgehead atoms. The van der Waals surface area contributed by atoms with E-state index in [0.29, 0.717) is 29.4 Å². The van der Waals surface area contributed by atoms with Crippen LogP contribution >= 0.6 is 0 Å². The molecule has 6 nitrogen and oxygen atoms in total. The molecular formula is C22H25NO5.